The van der Waals surface area contributed by atoms with Gasteiger partial charge in [0, 0.05) is 60.3 Å². The fourth-order valence-corrected chi connectivity index (χ4v) is 2.31. The SMILES string of the molecule is [CH2-]CCNc1nc(Nc2cc(C)ccc2SOOO)nc(N(C)C)n1.[CH3-].[CH3-].[Cu].[Pu]. The van der Waals surface area contributed by atoms with E-state index in [2.05, 4.69) is 41.9 Å². The molecule has 1 aromatic carbocycles. The summed E-state index contributed by atoms with van der Waals surface area (Å²) < 4.78 is 4.53. The standard InChI is InChI=1S/C15H21N6O3S.2CH3.Cu.Pu/c1-5-8-16-13-18-14(20-15(19-13)21(3)4)17-11-9-10(2)6-7-12(11)25-24-23-22;;;;/h6-7,9,22H,1,5,8H2,2-4H3,(H2,16,17,18,19,20);2*1H3;;/q3*-1;;. The molecule has 0 aliphatic heterocycles. The molecule has 2 rings (SSSR count). The molecule has 0 fully saturated rings. The van der Waals surface area contributed by atoms with Gasteiger partial charge < -0.3 is 37.3 Å². The third kappa shape index (κ3) is 10.8. The molecule has 0 unspecified atom stereocenters. The van der Waals surface area contributed by atoms with Crippen molar-refractivity contribution in [3.8, 4) is 0 Å². The van der Waals surface area contributed by atoms with Crippen LogP contribution in [0.2, 0.25) is 0 Å². The summed E-state index contributed by atoms with van der Waals surface area (Å²) in [4.78, 5) is 15.6. The third-order valence-corrected chi connectivity index (χ3v) is 3.68. The van der Waals surface area contributed by atoms with E-state index < -0.39 is 0 Å². The molecule has 169 valence electrons. The molecule has 0 bridgehead atoms. The van der Waals surface area contributed by atoms with Crippen LogP contribution in [-0.4, -0.2) is 40.8 Å². The quantitative estimate of drug-likeness (QED) is 0.117. The van der Waals surface area contributed by atoms with Crippen molar-refractivity contribution >= 4 is 35.6 Å². The van der Waals surface area contributed by atoms with Crippen LogP contribution in [0.5, 0.6) is 0 Å². The molecule has 0 amide bonds. The minimum absolute atomic E-state index is 0. The van der Waals surface area contributed by atoms with Gasteiger partial charge in [0.25, 0.3) is 0 Å². The van der Waals surface area contributed by atoms with Crippen LogP contribution in [0.3, 0.4) is 0 Å². The van der Waals surface area contributed by atoms with Gasteiger partial charge in [0.15, 0.2) is 0 Å². The Bertz CT molecular complexity index is 715. The van der Waals surface area contributed by atoms with Crippen molar-refractivity contribution < 1.29 is 60.9 Å². The number of hydrogen-bond donors (Lipinski definition) is 3. The van der Waals surface area contributed by atoms with E-state index in [1.54, 1.807) is 4.90 Å². The van der Waals surface area contributed by atoms with Crippen molar-refractivity contribution in [2.45, 2.75) is 18.2 Å². The van der Waals surface area contributed by atoms with E-state index in [9.17, 15) is 0 Å². The maximum Gasteiger partial charge on any atom is 0.233 e. The van der Waals surface area contributed by atoms with Gasteiger partial charge in [0.1, 0.15) is 0 Å². The zero-order valence-electron chi connectivity index (χ0n) is 17.0. The maximum atomic E-state index is 8.36. The molecule has 12 heteroatoms. The Morgan fingerprint density at radius 1 is 1.17 bits per heavy atom. The first-order valence-corrected chi connectivity index (χ1v) is 8.26. The minimum Gasteiger partial charge on any atom is -0.358 e. The van der Waals surface area contributed by atoms with Gasteiger partial charge in [-0.1, -0.05) is 11.1 Å². The first-order chi connectivity index (χ1) is 12.0. The van der Waals surface area contributed by atoms with Crippen LogP contribution in [0.1, 0.15) is 12.0 Å². The second-order valence-corrected chi connectivity index (χ2v) is 6.05. The van der Waals surface area contributed by atoms with E-state index in [0.29, 0.717) is 41.4 Å². The summed E-state index contributed by atoms with van der Waals surface area (Å²) in [6, 6.07) is 5.65. The molecule has 9 nitrogen and oxygen atoms in total. The molecular weight excluding hydrogens is 676 g/mol. The van der Waals surface area contributed by atoms with Crippen LogP contribution in [0.25, 0.3) is 0 Å². The van der Waals surface area contributed by atoms with Crippen LogP contribution >= 0.6 is 12.0 Å². The van der Waals surface area contributed by atoms with Crippen molar-refractivity contribution in [1.82, 2.24) is 15.0 Å². The van der Waals surface area contributed by atoms with E-state index in [1.807, 2.05) is 39.2 Å². The Morgan fingerprint density at radius 2 is 1.83 bits per heavy atom. The van der Waals surface area contributed by atoms with Gasteiger partial charge in [-0.2, -0.15) is 21.4 Å². The topological polar surface area (TPSA) is 105 Å². The minimum atomic E-state index is 0. The van der Waals surface area contributed by atoms with Crippen LogP contribution in [-0.2, 0) is 26.4 Å². The van der Waals surface area contributed by atoms with Gasteiger partial charge in [-0.15, -0.1) is 4.33 Å². The van der Waals surface area contributed by atoms with Crippen LogP contribution in [0, 0.1) is 57.9 Å². The summed E-state index contributed by atoms with van der Waals surface area (Å²) >= 11 is 0.863. The van der Waals surface area contributed by atoms with Crippen molar-refractivity contribution in [3.63, 3.8) is 0 Å². The summed E-state index contributed by atoms with van der Waals surface area (Å²) in [7, 11) is 3.70. The summed E-state index contributed by atoms with van der Waals surface area (Å²) in [5.74, 6) is 1.35. The normalized spacial score (nSPS) is 9.14. The molecule has 0 aliphatic carbocycles. The largest absolute Gasteiger partial charge is 0.358 e. The Hall–Kier alpha value is -0.634. The zero-order chi connectivity index (χ0) is 18.2. The number of rotatable bonds is 9. The van der Waals surface area contributed by atoms with Crippen LogP contribution in [0.15, 0.2) is 23.1 Å². The van der Waals surface area contributed by atoms with E-state index in [4.69, 9.17) is 5.26 Å². The Kier molecular flexibility index (Phi) is 19.5. The van der Waals surface area contributed by atoms with E-state index >= 15 is 0 Å². The summed E-state index contributed by atoms with van der Waals surface area (Å²) in [6.45, 7) is 6.41. The Labute approximate surface area is 210 Å². The smallest absolute Gasteiger partial charge is 0.233 e. The monoisotopic (exact) mass is 696 g/mol. The molecule has 3 N–H and O–H groups in total. The molecule has 0 aliphatic rings. The fourth-order valence-electron chi connectivity index (χ4n) is 1.89. The molecule has 1 aromatic heterocycles. The Morgan fingerprint density at radius 3 is 2.41 bits per heavy atom. The second kappa shape index (κ2) is 17.1. The number of nitrogens with zero attached hydrogens (tertiary/aromatic N) is 4. The van der Waals surface area contributed by atoms with Crippen molar-refractivity contribution in [2.75, 3.05) is 36.2 Å². The first kappa shape index (κ1) is 33.0. The first-order valence-electron chi connectivity index (χ1n) is 7.52. The summed E-state index contributed by atoms with van der Waals surface area (Å²) in [5, 5.41) is 18.3. The molecular formula is C17H27CuN6O3PuS-3. The molecule has 2 aromatic rings. The van der Waals surface area contributed by atoms with Crippen molar-refractivity contribution in [3.05, 3.63) is 45.5 Å². The molecule has 0 saturated carbocycles. The predicted octanol–water partition coefficient (Wildman–Crippen LogP) is 3.95. The van der Waals surface area contributed by atoms with Gasteiger partial charge in [0.05, 0.1) is 22.6 Å². The van der Waals surface area contributed by atoms with Crippen LogP contribution in [0.4, 0.5) is 23.5 Å². The average molecular weight is 703 g/mol. The molecule has 1 heterocycles. The van der Waals surface area contributed by atoms with E-state index in [0.717, 1.165) is 17.6 Å². The molecule has 0 atom stereocenters. The van der Waals surface area contributed by atoms with Gasteiger partial charge in [0.2, 0.25) is 17.8 Å². The molecule has 1 radical (unpaired) electrons. The van der Waals surface area contributed by atoms with Gasteiger partial charge >= 0.3 is 0 Å². The summed E-state index contributed by atoms with van der Waals surface area (Å²) in [5.41, 5.74) is 1.75. The number of aromatic nitrogens is 3. The third-order valence-electron chi connectivity index (χ3n) is 3.02. The molecule has 29 heavy (non-hydrogen) atoms. The van der Waals surface area contributed by atoms with Crippen molar-refractivity contribution in [2.24, 2.45) is 0 Å². The fraction of sp³-hybridized carbons (Fsp3) is 0.294. The maximum absolute atomic E-state index is 8.36. The molecule has 0 saturated heterocycles. The van der Waals surface area contributed by atoms with Gasteiger partial charge in [-0.3, -0.25) is 0 Å². The van der Waals surface area contributed by atoms with Crippen LogP contribution < -0.4 is 15.5 Å². The summed E-state index contributed by atoms with van der Waals surface area (Å²) in [6.07, 6.45) is 0.711. The number of aryl methyl sites for hydroxylation is 1. The van der Waals surface area contributed by atoms with Crippen molar-refractivity contribution in [1.29, 1.82) is 0 Å². The number of benzene rings is 1. The Balaban J connectivity index is -0.00000169. The second-order valence-electron chi connectivity index (χ2n) is 5.31. The zero-order valence-corrected chi connectivity index (χ0v) is 22.2. The molecule has 0 spiro atoms. The van der Waals surface area contributed by atoms with Gasteiger partial charge in [-0.05, 0) is 31.2 Å². The van der Waals surface area contributed by atoms with Gasteiger partial charge in [-0.25, -0.2) is 5.26 Å². The van der Waals surface area contributed by atoms with E-state index in [1.165, 1.54) is 0 Å². The van der Waals surface area contributed by atoms with E-state index in [-0.39, 0.29) is 61.1 Å². The number of hydrogen-bond acceptors (Lipinski definition) is 10. The average Bonchev–Trinajstić information content (AvgIpc) is 2.59. The number of nitrogens with one attached hydrogen (secondary N) is 2. The predicted molar refractivity (Wildman–Crippen MR) is 111 cm³/mol. The number of anilines is 4.